The number of carbonyl (C=O) groups is 2. The topological polar surface area (TPSA) is 71.1 Å². The van der Waals surface area contributed by atoms with Crippen LogP contribution in [0.3, 0.4) is 0 Å². The van der Waals surface area contributed by atoms with Gasteiger partial charge in [-0.25, -0.2) is 0 Å². The fourth-order valence-electron chi connectivity index (χ4n) is 1.08. The highest BCUT2D eigenvalue weighted by Crippen LogP contribution is 2.13. The molecule has 1 aliphatic rings. The summed E-state index contributed by atoms with van der Waals surface area (Å²) in [6.07, 6.45) is -1.37. The van der Waals surface area contributed by atoms with Gasteiger partial charge in [-0.2, -0.15) is 0 Å². The van der Waals surface area contributed by atoms with Crippen molar-refractivity contribution in [1.29, 1.82) is 0 Å². The zero-order chi connectivity index (χ0) is 12.1. The van der Waals surface area contributed by atoms with Crippen molar-refractivity contribution in [3.63, 3.8) is 0 Å². The van der Waals surface area contributed by atoms with E-state index in [1.54, 1.807) is 13.8 Å². The zero-order valence-corrected chi connectivity index (χ0v) is 9.60. The molecule has 0 saturated carbocycles. The van der Waals surface area contributed by atoms with Gasteiger partial charge in [0.1, 0.15) is 13.2 Å². The second kappa shape index (κ2) is 5.81. The minimum atomic E-state index is -0.708. The quantitative estimate of drug-likeness (QED) is 0.655. The Balaban J connectivity index is 2.21. The van der Waals surface area contributed by atoms with Crippen LogP contribution in [0.15, 0.2) is 0 Å². The van der Waals surface area contributed by atoms with Crippen LogP contribution >= 0.6 is 0 Å². The lowest BCUT2D eigenvalue weighted by Crippen LogP contribution is -2.24. The lowest BCUT2D eigenvalue weighted by Gasteiger charge is -2.12. The summed E-state index contributed by atoms with van der Waals surface area (Å²) in [5, 5.41) is 0. The molecule has 0 aromatic heterocycles. The molecule has 0 amide bonds. The Morgan fingerprint density at radius 3 is 2.69 bits per heavy atom. The summed E-state index contributed by atoms with van der Waals surface area (Å²) in [6, 6.07) is 0. The van der Waals surface area contributed by atoms with Gasteiger partial charge >= 0.3 is 11.9 Å². The number of hydrogen-bond acceptors (Lipinski definition) is 6. The lowest BCUT2D eigenvalue weighted by atomic mass is 10.2. The number of esters is 2. The summed E-state index contributed by atoms with van der Waals surface area (Å²) < 4.78 is 20.0. The van der Waals surface area contributed by atoms with E-state index in [1.807, 2.05) is 0 Å². The van der Waals surface area contributed by atoms with Crippen LogP contribution in [0.2, 0.25) is 0 Å². The third kappa shape index (κ3) is 4.16. The Hall–Kier alpha value is -1.14. The molecule has 0 spiro atoms. The summed E-state index contributed by atoms with van der Waals surface area (Å²) in [4.78, 5) is 21.8. The van der Waals surface area contributed by atoms with Gasteiger partial charge in [0.25, 0.3) is 0 Å². The van der Waals surface area contributed by atoms with E-state index in [2.05, 4.69) is 0 Å². The van der Waals surface area contributed by atoms with E-state index in [0.29, 0.717) is 0 Å². The molecule has 1 rings (SSSR count). The molecule has 1 fully saturated rings. The summed E-state index contributed by atoms with van der Waals surface area (Å²) in [5.74, 6) is -0.942. The van der Waals surface area contributed by atoms with Crippen molar-refractivity contribution in [3.05, 3.63) is 0 Å². The maximum atomic E-state index is 11.1. The molecule has 0 N–H and O–H groups in total. The van der Waals surface area contributed by atoms with Crippen molar-refractivity contribution >= 4 is 11.9 Å². The first-order valence-corrected chi connectivity index (χ1v) is 5.10. The van der Waals surface area contributed by atoms with Gasteiger partial charge in [-0.05, 0) is 0 Å². The van der Waals surface area contributed by atoms with Gasteiger partial charge in [0.15, 0.2) is 6.29 Å². The molecule has 1 saturated heterocycles. The van der Waals surface area contributed by atoms with Gasteiger partial charge in [-0.1, -0.05) is 13.8 Å². The predicted octanol–water partition coefficient (Wildman–Crippen LogP) is 0.448. The van der Waals surface area contributed by atoms with Crippen LogP contribution in [-0.2, 0) is 28.5 Å². The van der Waals surface area contributed by atoms with Gasteiger partial charge in [0.2, 0.25) is 6.29 Å². The van der Waals surface area contributed by atoms with Gasteiger partial charge in [0, 0.05) is 6.92 Å². The molecular formula is C10H16O6. The van der Waals surface area contributed by atoms with Gasteiger partial charge in [0.05, 0.1) is 5.92 Å². The number of ether oxygens (including phenoxy) is 4. The Kier molecular flexibility index (Phi) is 4.70. The number of hydrogen-bond donors (Lipinski definition) is 0. The summed E-state index contributed by atoms with van der Waals surface area (Å²) in [6.45, 7) is 4.93. The maximum Gasteiger partial charge on any atom is 0.308 e. The third-order valence-corrected chi connectivity index (χ3v) is 1.85. The van der Waals surface area contributed by atoms with Crippen LogP contribution < -0.4 is 0 Å². The highest BCUT2D eigenvalue weighted by atomic mass is 16.8. The summed E-state index contributed by atoms with van der Waals surface area (Å²) >= 11 is 0. The van der Waals surface area contributed by atoms with Crippen molar-refractivity contribution in [2.24, 2.45) is 5.92 Å². The van der Waals surface area contributed by atoms with Crippen molar-refractivity contribution < 1.29 is 28.5 Å². The maximum absolute atomic E-state index is 11.1. The molecule has 0 aromatic carbocycles. The molecule has 6 heteroatoms. The van der Waals surface area contributed by atoms with Crippen molar-refractivity contribution in [3.8, 4) is 0 Å². The van der Waals surface area contributed by atoms with Gasteiger partial charge < -0.3 is 18.9 Å². The molecule has 1 unspecified atom stereocenters. The summed E-state index contributed by atoms with van der Waals surface area (Å²) in [5.41, 5.74) is 0. The molecule has 1 heterocycles. The highest BCUT2D eigenvalue weighted by Gasteiger charge is 2.29. The standard InChI is InChI=1S/C10H16O6/c1-6(2)10(12)14-4-8-13-5-9(16-8)15-7(3)11/h6,8-9H,4-5H2,1-3H3/t8-,9?/m1/s1. The van der Waals surface area contributed by atoms with E-state index in [1.165, 1.54) is 6.92 Å². The Labute approximate surface area is 93.8 Å². The zero-order valence-electron chi connectivity index (χ0n) is 9.60. The van der Waals surface area contributed by atoms with E-state index in [-0.39, 0.29) is 25.1 Å². The van der Waals surface area contributed by atoms with E-state index in [0.717, 1.165) is 0 Å². The molecule has 0 radical (unpaired) electrons. The molecule has 0 aliphatic carbocycles. The molecule has 6 nitrogen and oxygen atoms in total. The van der Waals surface area contributed by atoms with E-state index >= 15 is 0 Å². The molecule has 0 bridgehead atoms. The van der Waals surface area contributed by atoms with Gasteiger partial charge in [-0.3, -0.25) is 9.59 Å². The molecular weight excluding hydrogens is 216 g/mol. The number of carbonyl (C=O) groups excluding carboxylic acids is 2. The van der Waals surface area contributed by atoms with Gasteiger partial charge in [-0.15, -0.1) is 0 Å². The van der Waals surface area contributed by atoms with Crippen molar-refractivity contribution in [1.82, 2.24) is 0 Å². The second-order valence-electron chi connectivity index (χ2n) is 3.72. The normalized spacial score (nSPS) is 24.5. The van der Waals surface area contributed by atoms with Crippen LogP contribution in [0, 0.1) is 5.92 Å². The van der Waals surface area contributed by atoms with E-state index in [4.69, 9.17) is 18.9 Å². The van der Waals surface area contributed by atoms with E-state index < -0.39 is 18.5 Å². The lowest BCUT2D eigenvalue weighted by molar-refractivity contribution is -0.184. The molecule has 92 valence electrons. The van der Waals surface area contributed by atoms with Crippen LogP contribution in [0.4, 0.5) is 0 Å². The van der Waals surface area contributed by atoms with Crippen LogP contribution in [-0.4, -0.2) is 37.7 Å². The van der Waals surface area contributed by atoms with E-state index in [9.17, 15) is 9.59 Å². The first-order valence-electron chi connectivity index (χ1n) is 5.10. The second-order valence-corrected chi connectivity index (χ2v) is 3.72. The first-order chi connectivity index (χ1) is 7.49. The fraction of sp³-hybridized carbons (Fsp3) is 0.800. The minimum absolute atomic E-state index is 0.00871. The summed E-state index contributed by atoms with van der Waals surface area (Å²) in [7, 11) is 0. The molecule has 16 heavy (non-hydrogen) atoms. The average molecular weight is 232 g/mol. The van der Waals surface area contributed by atoms with Crippen LogP contribution in [0.1, 0.15) is 20.8 Å². The Morgan fingerprint density at radius 1 is 1.44 bits per heavy atom. The smallest absolute Gasteiger partial charge is 0.308 e. The predicted molar refractivity (Wildman–Crippen MR) is 52.2 cm³/mol. The minimum Gasteiger partial charge on any atom is -0.460 e. The molecule has 0 aromatic rings. The highest BCUT2D eigenvalue weighted by molar-refractivity contribution is 5.71. The SMILES string of the molecule is CC(=O)OC1CO[C@@H](COC(=O)C(C)C)O1. The fourth-order valence-corrected chi connectivity index (χ4v) is 1.08. The molecule has 1 aliphatic heterocycles. The average Bonchev–Trinajstić information content (AvgIpc) is 2.60. The first kappa shape index (κ1) is 12.9. The largest absolute Gasteiger partial charge is 0.460 e. The monoisotopic (exact) mass is 232 g/mol. The Morgan fingerprint density at radius 2 is 2.12 bits per heavy atom. The number of rotatable bonds is 4. The van der Waals surface area contributed by atoms with Crippen LogP contribution in [0.25, 0.3) is 0 Å². The molecule has 2 atom stereocenters. The van der Waals surface area contributed by atoms with Crippen LogP contribution in [0.5, 0.6) is 0 Å². The Bertz CT molecular complexity index is 262. The van der Waals surface area contributed by atoms with Crippen molar-refractivity contribution in [2.75, 3.05) is 13.2 Å². The third-order valence-electron chi connectivity index (χ3n) is 1.85. The van der Waals surface area contributed by atoms with Crippen molar-refractivity contribution in [2.45, 2.75) is 33.4 Å².